The summed E-state index contributed by atoms with van der Waals surface area (Å²) in [7, 11) is 3.15. The zero-order valence-electron chi connectivity index (χ0n) is 13.4. The predicted octanol–water partition coefficient (Wildman–Crippen LogP) is 1.88. The van der Waals surface area contributed by atoms with E-state index in [0.29, 0.717) is 19.6 Å². The lowest BCUT2D eigenvalue weighted by Gasteiger charge is -2.17. The number of nitro benzene ring substituents is 1. The maximum Gasteiger partial charge on any atom is 0.338 e. The van der Waals surface area contributed by atoms with Crippen LogP contribution in [0.5, 0.6) is 0 Å². The molecule has 0 N–H and O–H groups in total. The van der Waals surface area contributed by atoms with Gasteiger partial charge in [-0.2, -0.15) is 0 Å². The molecule has 0 bridgehead atoms. The van der Waals surface area contributed by atoms with E-state index in [9.17, 15) is 19.7 Å². The molecular weight excluding hydrogens is 304 g/mol. The predicted molar refractivity (Wildman–Crippen MR) is 82.5 cm³/mol. The summed E-state index contributed by atoms with van der Waals surface area (Å²) < 4.78 is 9.75. The summed E-state index contributed by atoms with van der Waals surface area (Å²) in [5, 5.41) is 11.0. The average Bonchev–Trinajstić information content (AvgIpc) is 2.54. The van der Waals surface area contributed by atoms with Gasteiger partial charge in [0.1, 0.15) is 0 Å². The van der Waals surface area contributed by atoms with Gasteiger partial charge in [0.15, 0.2) is 0 Å². The number of ether oxygens (including phenoxy) is 2. The standard InChI is InChI=1S/C15H20N2O6/c1-4-23-15(19)12-8-11(9-13(10-12)17(20)21)14(18)16(2)6-5-7-22-3/h8-10H,4-7H2,1-3H3. The molecular formula is C15H20N2O6. The molecule has 1 aromatic carbocycles. The number of carbonyl (C=O) groups is 2. The van der Waals surface area contributed by atoms with E-state index in [0.717, 1.165) is 12.1 Å². The molecule has 8 nitrogen and oxygen atoms in total. The zero-order chi connectivity index (χ0) is 17.4. The molecule has 0 radical (unpaired) electrons. The summed E-state index contributed by atoms with van der Waals surface area (Å²) in [6.45, 7) is 2.71. The van der Waals surface area contributed by atoms with E-state index in [1.54, 1.807) is 21.1 Å². The van der Waals surface area contributed by atoms with Crippen molar-refractivity contribution in [3.63, 3.8) is 0 Å². The number of nitrogens with zero attached hydrogens (tertiary/aromatic N) is 2. The van der Waals surface area contributed by atoms with Crippen molar-refractivity contribution in [3.05, 3.63) is 39.4 Å². The van der Waals surface area contributed by atoms with E-state index in [-0.39, 0.29) is 23.4 Å². The number of amides is 1. The van der Waals surface area contributed by atoms with Crippen LogP contribution in [0.2, 0.25) is 0 Å². The molecule has 8 heteroatoms. The van der Waals surface area contributed by atoms with Gasteiger partial charge in [-0.1, -0.05) is 0 Å². The summed E-state index contributed by atoms with van der Waals surface area (Å²) in [4.78, 5) is 35.9. The molecule has 0 aliphatic rings. The van der Waals surface area contributed by atoms with Gasteiger partial charge in [0.05, 0.1) is 17.1 Å². The highest BCUT2D eigenvalue weighted by atomic mass is 16.6. The van der Waals surface area contributed by atoms with Crippen LogP contribution in [0, 0.1) is 10.1 Å². The molecule has 0 aliphatic heterocycles. The monoisotopic (exact) mass is 324 g/mol. The number of non-ortho nitro benzene ring substituents is 1. The van der Waals surface area contributed by atoms with Gasteiger partial charge in [-0.3, -0.25) is 14.9 Å². The molecule has 0 atom stereocenters. The van der Waals surface area contributed by atoms with E-state index >= 15 is 0 Å². The number of nitro groups is 1. The third-order valence-corrected chi connectivity index (χ3v) is 3.08. The Bertz CT molecular complexity index is 587. The molecule has 126 valence electrons. The van der Waals surface area contributed by atoms with Gasteiger partial charge < -0.3 is 14.4 Å². The summed E-state index contributed by atoms with van der Waals surface area (Å²) in [5.74, 6) is -1.11. The SMILES string of the molecule is CCOC(=O)c1cc(C(=O)N(C)CCCOC)cc([N+](=O)[O-])c1. The Balaban J connectivity index is 3.06. The van der Waals surface area contributed by atoms with E-state index in [4.69, 9.17) is 9.47 Å². The molecule has 0 saturated heterocycles. The summed E-state index contributed by atoms with van der Waals surface area (Å²) in [5.41, 5.74) is -0.277. The number of benzene rings is 1. The van der Waals surface area contributed by atoms with Crippen LogP contribution in [0.1, 0.15) is 34.1 Å². The highest BCUT2D eigenvalue weighted by Crippen LogP contribution is 2.19. The fraction of sp³-hybridized carbons (Fsp3) is 0.467. The first-order valence-electron chi connectivity index (χ1n) is 7.11. The van der Waals surface area contributed by atoms with Gasteiger partial charge in [-0.25, -0.2) is 4.79 Å². The second-order valence-corrected chi connectivity index (χ2v) is 4.82. The Labute approximate surface area is 134 Å². The summed E-state index contributed by atoms with van der Waals surface area (Å²) in [6, 6.07) is 3.55. The fourth-order valence-corrected chi connectivity index (χ4v) is 1.94. The van der Waals surface area contributed by atoms with Crippen molar-refractivity contribution in [3.8, 4) is 0 Å². The van der Waals surface area contributed by atoms with Crippen molar-refractivity contribution >= 4 is 17.6 Å². The van der Waals surface area contributed by atoms with Crippen LogP contribution < -0.4 is 0 Å². The van der Waals surface area contributed by atoms with Crippen molar-refractivity contribution in [2.24, 2.45) is 0 Å². The maximum atomic E-state index is 12.4. The average molecular weight is 324 g/mol. The molecule has 1 aromatic rings. The Morgan fingerprint density at radius 2 is 1.91 bits per heavy atom. The molecule has 0 heterocycles. The van der Waals surface area contributed by atoms with Gasteiger partial charge in [0.2, 0.25) is 0 Å². The second kappa shape index (κ2) is 8.84. The quantitative estimate of drug-likeness (QED) is 0.313. The van der Waals surface area contributed by atoms with Gasteiger partial charge in [0.25, 0.3) is 11.6 Å². The van der Waals surface area contributed by atoms with Crippen molar-refractivity contribution in [1.29, 1.82) is 0 Å². The van der Waals surface area contributed by atoms with Crippen LogP contribution in [0.3, 0.4) is 0 Å². The van der Waals surface area contributed by atoms with Crippen LogP contribution in [0.25, 0.3) is 0 Å². The lowest BCUT2D eigenvalue weighted by molar-refractivity contribution is -0.384. The van der Waals surface area contributed by atoms with E-state index < -0.39 is 16.8 Å². The number of hydrogen-bond donors (Lipinski definition) is 0. The summed E-state index contributed by atoms with van der Waals surface area (Å²) in [6.07, 6.45) is 0.637. The minimum Gasteiger partial charge on any atom is -0.462 e. The van der Waals surface area contributed by atoms with Gasteiger partial charge >= 0.3 is 5.97 Å². The Hall–Kier alpha value is -2.48. The molecule has 1 rings (SSSR count). The third kappa shape index (κ3) is 5.33. The number of esters is 1. The Morgan fingerprint density at radius 1 is 1.26 bits per heavy atom. The zero-order valence-corrected chi connectivity index (χ0v) is 13.4. The lowest BCUT2D eigenvalue weighted by Crippen LogP contribution is -2.28. The first kappa shape index (κ1) is 18.6. The van der Waals surface area contributed by atoms with Crippen LogP contribution in [-0.2, 0) is 9.47 Å². The molecule has 0 aromatic heterocycles. The minimum absolute atomic E-state index is 0.0188. The second-order valence-electron chi connectivity index (χ2n) is 4.82. The minimum atomic E-state index is -0.702. The van der Waals surface area contributed by atoms with E-state index in [2.05, 4.69) is 0 Å². The highest BCUT2D eigenvalue weighted by molar-refractivity contribution is 5.98. The largest absolute Gasteiger partial charge is 0.462 e. The van der Waals surface area contributed by atoms with Crippen LogP contribution in [-0.4, -0.2) is 55.6 Å². The molecule has 1 amide bonds. The first-order valence-corrected chi connectivity index (χ1v) is 7.11. The number of methoxy groups -OCH3 is 1. The Kier molecular flexibility index (Phi) is 7.14. The van der Waals surface area contributed by atoms with Crippen LogP contribution >= 0.6 is 0 Å². The Morgan fingerprint density at radius 3 is 2.48 bits per heavy atom. The van der Waals surface area contributed by atoms with Crippen LogP contribution in [0.4, 0.5) is 5.69 Å². The molecule has 23 heavy (non-hydrogen) atoms. The van der Waals surface area contributed by atoms with Gasteiger partial charge in [0, 0.05) is 45.0 Å². The summed E-state index contributed by atoms with van der Waals surface area (Å²) >= 11 is 0. The van der Waals surface area contributed by atoms with Gasteiger partial charge in [-0.05, 0) is 19.4 Å². The normalized spacial score (nSPS) is 10.2. The molecule has 0 unspecified atom stereocenters. The molecule has 0 aliphatic carbocycles. The molecule has 0 fully saturated rings. The first-order chi connectivity index (χ1) is 10.9. The highest BCUT2D eigenvalue weighted by Gasteiger charge is 2.20. The van der Waals surface area contributed by atoms with Crippen molar-refractivity contribution < 1.29 is 24.0 Å². The van der Waals surface area contributed by atoms with Crippen molar-refractivity contribution in [2.45, 2.75) is 13.3 Å². The smallest absolute Gasteiger partial charge is 0.338 e. The number of carbonyl (C=O) groups excluding carboxylic acids is 2. The topological polar surface area (TPSA) is 99.0 Å². The van der Waals surface area contributed by atoms with E-state index in [1.165, 1.54) is 11.0 Å². The lowest BCUT2D eigenvalue weighted by atomic mass is 10.1. The number of rotatable bonds is 8. The number of hydrogen-bond acceptors (Lipinski definition) is 6. The molecule has 0 saturated carbocycles. The third-order valence-electron chi connectivity index (χ3n) is 3.08. The fourth-order valence-electron chi connectivity index (χ4n) is 1.94. The maximum absolute atomic E-state index is 12.4. The van der Waals surface area contributed by atoms with Gasteiger partial charge in [-0.15, -0.1) is 0 Å². The van der Waals surface area contributed by atoms with Crippen molar-refractivity contribution in [1.82, 2.24) is 4.90 Å². The van der Waals surface area contributed by atoms with Crippen LogP contribution in [0.15, 0.2) is 18.2 Å². The van der Waals surface area contributed by atoms with Crippen molar-refractivity contribution in [2.75, 3.05) is 33.9 Å². The van der Waals surface area contributed by atoms with E-state index in [1.807, 2.05) is 0 Å². The molecule has 0 spiro atoms.